The molecule has 0 atom stereocenters. The van der Waals surface area contributed by atoms with Crippen LogP contribution in [0.3, 0.4) is 0 Å². The number of rotatable bonds is 4. The minimum atomic E-state index is 0.452. The lowest BCUT2D eigenvalue weighted by atomic mass is 10.1. The molecule has 0 radical (unpaired) electrons. The third-order valence-corrected chi connectivity index (χ3v) is 2.89. The Labute approximate surface area is 97.4 Å². The second kappa shape index (κ2) is 5.09. The predicted molar refractivity (Wildman–Crippen MR) is 63.6 cm³/mol. The van der Waals surface area contributed by atoms with E-state index in [1.54, 1.807) is 0 Å². The zero-order valence-electron chi connectivity index (χ0n) is 7.98. The lowest BCUT2D eigenvalue weighted by Crippen LogP contribution is -2.05. The van der Waals surface area contributed by atoms with Crippen LogP contribution in [0.25, 0.3) is 0 Å². The van der Waals surface area contributed by atoms with Crippen LogP contribution in [0.5, 0.6) is 0 Å². The van der Waals surface area contributed by atoms with Crippen LogP contribution in [0.15, 0.2) is 30.3 Å². The van der Waals surface area contributed by atoms with Crippen molar-refractivity contribution in [2.24, 2.45) is 0 Å². The number of anilines is 1. The lowest BCUT2D eigenvalue weighted by Gasteiger charge is -2.02. The molecule has 0 aliphatic heterocycles. The molecule has 2 rings (SSSR count). The molecule has 0 bridgehead atoms. The summed E-state index contributed by atoms with van der Waals surface area (Å²) in [7, 11) is 0. The topological polar surface area (TPSA) is 37.8 Å². The van der Waals surface area contributed by atoms with E-state index in [9.17, 15) is 0 Å². The molecule has 0 spiro atoms. The molecule has 1 aromatic heterocycles. The summed E-state index contributed by atoms with van der Waals surface area (Å²) in [6.45, 7) is 0.815. The Morgan fingerprint density at radius 3 is 2.67 bits per heavy atom. The lowest BCUT2D eigenvalue weighted by molar-refractivity contribution is 1.01. The highest BCUT2D eigenvalue weighted by molar-refractivity contribution is 6.99. The molecule has 78 valence electrons. The molecule has 3 nitrogen and oxygen atoms in total. The Bertz CT molecular complexity index is 416. The van der Waals surface area contributed by atoms with E-state index >= 15 is 0 Å². The van der Waals surface area contributed by atoms with Crippen molar-refractivity contribution >= 4 is 29.1 Å². The Morgan fingerprint density at radius 1 is 1.20 bits per heavy atom. The zero-order chi connectivity index (χ0) is 10.5. The van der Waals surface area contributed by atoms with Crippen LogP contribution in [0.4, 0.5) is 5.82 Å². The van der Waals surface area contributed by atoms with E-state index in [1.807, 2.05) is 18.2 Å². The van der Waals surface area contributed by atoms with Gasteiger partial charge in [0.1, 0.15) is 0 Å². The third-order valence-electron chi connectivity index (χ3n) is 2.00. The molecule has 0 saturated carbocycles. The van der Waals surface area contributed by atoms with Gasteiger partial charge in [0.25, 0.3) is 0 Å². The normalized spacial score (nSPS) is 10.2. The fourth-order valence-electron chi connectivity index (χ4n) is 1.25. The molecule has 0 saturated heterocycles. The summed E-state index contributed by atoms with van der Waals surface area (Å²) < 4.78 is 7.91. The van der Waals surface area contributed by atoms with Gasteiger partial charge in [-0.25, -0.2) is 0 Å². The summed E-state index contributed by atoms with van der Waals surface area (Å²) in [4.78, 5) is 0. The Balaban J connectivity index is 1.83. The number of halogens is 1. The van der Waals surface area contributed by atoms with E-state index < -0.39 is 0 Å². The first-order valence-electron chi connectivity index (χ1n) is 4.62. The fourth-order valence-corrected chi connectivity index (χ4v) is 1.94. The first kappa shape index (κ1) is 10.4. The van der Waals surface area contributed by atoms with Gasteiger partial charge in [0.2, 0.25) is 0 Å². The van der Waals surface area contributed by atoms with Crippen molar-refractivity contribution in [3.8, 4) is 0 Å². The minimum Gasteiger partial charge on any atom is -0.366 e. The second-order valence-electron chi connectivity index (χ2n) is 3.07. The van der Waals surface area contributed by atoms with E-state index in [4.69, 9.17) is 11.6 Å². The van der Waals surface area contributed by atoms with E-state index in [0.717, 1.165) is 24.7 Å². The van der Waals surface area contributed by atoms with Crippen LogP contribution < -0.4 is 5.32 Å². The predicted octanol–water partition coefficient (Wildman–Crippen LogP) is 2.85. The maximum Gasteiger partial charge on any atom is 0.186 e. The van der Waals surface area contributed by atoms with Gasteiger partial charge in [-0.15, -0.1) is 0 Å². The Hall–Kier alpha value is -1.13. The Kier molecular flexibility index (Phi) is 3.53. The average molecular weight is 240 g/mol. The smallest absolute Gasteiger partial charge is 0.186 e. The monoisotopic (exact) mass is 239 g/mol. The first-order chi connectivity index (χ1) is 7.36. The van der Waals surface area contributed by atoms with E-state index in [2.05, 4.69) is 26.2 Å². The number of nitrogens with one attached hydrogen (secondary N) is 1. The molecular weight excluding hydrogens is 230 g/mol. The van der Waals surface area contributed by atoms with Crippen molar-refractivity contribution in [2.45, 2.75) is 6.42 Å². The molecular formula is C10H10ClN3S. The van der Waals surface area contributed by atoms with Crippen LogP contribution in [0, 0.1) is 0 Å². The average Bonchev–Trinajstić information content (AvgIpc) is 2.66. The number of hydrogen-bond donors (Lipinski definition) is 1. The van der Waals surface area contributed by atoms with E-state index in [0.29, 0.717) is 11.0 Å². The maximum absolute atomic E-state index is 5.80. The number of aromatic nitrogens is 2. The molecule has 1 heterocycles. The SMILES string of the molecule is Clc1nsnc1NCCc1ccccc1. The van der Waals surface area contributed by atoms with Crippen molar-refractivity contribution < 1.29 is 0 Å². The minimum absolute atomic E-state index is 0.452. The van der Waals surface area contributed by atoms with Crippen molar-refractivity contribution in [3.05, 3.63) is 41.0 Å². The molecule has 5 heteroatoms. The largest absolute Gasteiger partial charge is 0.366 e. The molecule has 0 amide bonds. The molecule has 2 aromatic rings. The molecule has 1 N–H and O–H groups in total. The highest BCUT2D eigenvalue weighted by Crippen LogP contribution is 2.17. The van der Waals surface area contributed by atoms with Crippen LogP contribution in [0.1, 0.15) is 5.56 Å². The summed E-state index contributed by atoms with van der Waals surface area (Å²) in [5.41, 5.74) is 1.30. The van der Waals surface area contributed by atoms with Gasteiger partial charge in [-0.05, 0) is 12.0 Å². The highest BCUT2D eigenvalue weighted by atomic mass is 35.5. The van der Waals surface area contributed by atoms with Crippen LogP contribution in [0.2, 0.25) is 5.15 Å². The molecule has 0 aliphatic carbocycles. The quantitative estimate of drug-likeness (QED) is 0.892. The van der Waals surface area contributed by atoms with E-state index in [1.165, 1.54) is 5.56 Å². The van der Waals surface area contributed by atoms with Crippen molar-refractivity contribution in [3.63, 3.8) is 0 Å². The molecule has 1 aromatic carbocycles. The van der Waals surface area contributed by atoms with Crippen molar-refractivity contribution in [1.82, 2.24) is 8.75 Å². The summed E-state index contributed by atoms with van der Waals surface area (Å²) in [5.74, 6) is 0.678. The van der Waals surface area contributed by atoms with Gasteiger partial charge in [0.05, 0.1) is 11.7 Å². The van der Waals surface area contributed by atoms with Crippen LogP contribution in [-0.2, 0) is 6.42 Å². The number of hydrogen-bond acceptors (Lipinski definition) is 4. The third kappa shape index (κ3) is 2.91. The number of nitrogens with zero attached hydrogens (tertiary/aromatic N) is 2. The molecule has 15 heavy (non-hydrogen) atoms. The Morgan fingerprint density at radius 2 is 2.00 bits per heavy atom. The van der Waals surface area contributed by atoms with Crippen molar-refractivity contribution in [1.29, 1.82) is 0 Å². The van der Waals surface area contributed by atoms with E-state index in [-0.39, 0.29) is 0 Å². The van der Waals surface area contributed by atoms with Gasteiger partial charge in [-0.3, -0.25) is 0 Å². The van der Waals surface area contributed by atoms with Gasteiger partial charge in [-0.2, -0.15) is 8.75 Å². The van der Waals surface area contributed by atoms with Crippen molar-refractivity contribution in [2.75, 3.05) is 11.9 Å². The number of benzene rings is 1. The molecule has 0 aliphatic rings. The van der Waals surface area contributed by atoms with Gasteiger partial charge < -0.3 is 5.32 Å². The van der Waals surface area contributed by atoms with Gasteiger partial charge in [-0.1, -0.05) is 41.9 Å². The fraction of sp³-hybridized carbons (Fsp3) is 0.200. The second-order valence-corrected chi connectivity index (χ2v) is 3.95. The zero-order valence-corrected chi connectivity index (χ0v) is 9.55. The first-order valence-corrected chi connectivity index (χ1v) is 5.73. The summed E-state index contributed by atoms with van der Waals surface area (Å²) >= 11 is 6.91. The van der Waals surface area contributed by atoms with Gasteiger partial charge >= 0.3 is 0 Å². The van der Waals surface area contributed by atoms with Crippen LogP contribution in [-0.4, -0.2) is 15.3 Å². The summed E-state index contributed by atoms with van der Waals surface area (Å²) in [6, 6.07) is 10.3. The van der Waals surface area contributed by atoms with Gasteiger partial charge in [0.15, 0.2) is 11.0 Å². The summed E-state index contributed by atoms with van der Waals surface area (Å²) in [5, 5.41) is 3.60. The highest BCUT2D eigenvalue weighted by Gasteiger charge is 2.03. The van der Waals surface area contributed by atoms with Gasteiger partial charge in [0, 0.05) is 6.54 Å². The van der Waals surface area contributed by atoms with Crippen LogP contribution >= 0.6 is 23.3 Å². The standard InChI is InChI=1S/C10H10ClN3S/c11-9-10(14-15-13-9)12-7-6-8-4-2-1-3-5-8/h1-5H,6-7H2,(H,12,14). The maximum atomic E-state index is 5.80. The summed E-state index contributed by atoms with van der Waals surface area (Å²) in [6.07, 6.45) is 0.953. The molecule has 0 fully saturated rings. The molecule has 0 unspecified atom stereocenters.